The average Bonchev–Trinajstić information content (AvgIpc) is 0.813. The van der Waals surface area contributed by atoms with Crippen molar-refractivity contribution in [3.8, 4) is 23.0 Å². The standard InChI is InChI=1S/2C16H36N.4C9H21P.2C7H8.2C6H2Cl4O2.6Fe.2Mo.2N3.8S/c2*1-5-9-13-17(14-10-6-2,15-11-7-3)16-12-8-4;4*1-4-7-10(8-5-2)9-6-3;2*1-7-5-3-2-4-6-7;2*7-1-2(8)4(10)6(12)5(11)3(1)9;;;;;;;;;2*1-3-2;;;;;;;;/h2*5-16H2,1-4H3;4*4-9H2,1-3H3;2*2-6H,1H3;2*11-12H;;;;;;;;;;;;;;;;;;/q2*+1;;;;;;;;;3*+2;3*+3;+2;+3;2*-1;8*-2. The van der Waals surface area contributed by atoms with Gasteiger partial charge in [-0.25, -0.2) is 0 Å². The molecule has 12 nitrogen and oxygen atoms in total. The minimum atomic E-state index is -0.934. The summed E-state index contributed by atoms with van der Waals surface area (Å²) in [6.45, 7) is 62.0. The van der Waals surface area contributed by atoms with Crippen LogP contribution in [0.3, 0.4) is 0 Å². The van der Waals surface area contributed by atoms with Crippen LogP contribution in [0.4, 0.5) is 0 Å². The molecular weight excluding hydrogens is 2500 g/mol. The summed E-state index contributed by atoms with van der Waals surface area (Å²) in [4.78, 5) is 3.00. The molecule has 4 radical (unpaired) electrons. The van der Waals surface area contributed by atoms with E-state index in [2.05, 4.69) is 177 Å². The van der Waals surface area contributed by atoms with Gasteiger partial charge in [0.2, 0.25) is 0 Å². The van der Waals surface area contributed by atoms with Gasteiger partial charge in [0.1, 0.15) is 0 Å². The molecule has 4 rings (SSSR count). The molecule has 0 heterocycles. The van der Waals surface area contributed by atoms with Gasteiger partial charge in [0.15, 0.2) is 0 Å². The minimum absolute atomic E-state index is 0. The fourth-order valence-corrected chi connectivity index (χ4v) is 26.4. The van der Waals surface area contributed by atoms with Crippen molar-refractivity contribution in [1.29, 1.82) is 0 Å². The maximum Gasteiger partial charge on any atom is 3.00 e. The number of rotatable bonds is 48. The van der Waals surface area contributed by atoms with Crippen molar-refractivity contribution in [1.82, 2.24) is 0 Å². The van der Waals surface area contributed by atoms with E-state index in [9.17, 15) is 20.4 Å². The second-order valence-electron chi connectivity index (χ2n) is 30.6. The summed E-state index contributed by atoms with van der Waals surface area (Å²) in [6, 6.07) is 20.5. The van der Waals surface area contributed by atoms with Gasteiger partial charge in [0, 0.05) is 31.7 Å². The number of halogens is 8. The largest absolute Gasteiger partial charge is 3.00 e. The summed E-state index contributed by atoms with van der Waals surface area (Å²) in [5.74, 6) is -3.74. The Balaban J connectivity index is -0.0000000451. The Morgan fingerprint density at radius 2 is 0.343 bits per heavy atom. The Morgan fingerprint density at radius 3 is 0.418 bits per heavy atom. The molecule has 40 heteroatoms. The smallest absolute Gasteiger partial charge is 2.00 e. The second kappa shape index (κ2) is 152. The fraction of sp³-hybridized carbons (Fsp3) is 0.745. The third kappa shape index (κ3) is 121. The van der Waals surface area contributed by atoms with Crippen LogP contribution in [0.25, 0.3) is 31.9 Å². The first-order chi connectivity index (χ1) is 56.4. The molecule has 134 heavy (non-hydrogen) atoms. The maximum absolute atomic E-state index is 10.9. The van der Waals surface area contributed by atoms with Crippen LogP contribution in [0, 0.1) is 13.8 Å². The molecule has 0 spiro atoms. The Morgan fingerprint density at radius 1 is 0.239 bits per heavy atom. The zero-order chi connectivity index (χ0) is 91.8. The number of benzene rings is 4. The zero-order valence-electron chi connectivity index (χ0n) is 85.2. The van der Waals surface area contributed by atoms with E-state index in [1.165, 1.54) is 262 Å². The monoisotopic (exact) mass is 2670 g/mol. The predicted octanol–water partition coefficient (Wildman–Crippen LogP) is 34.3. The molecule has 0 fully saturated rings. The molecule has 0 saturated heterocycles. The summed E-state index contributed by atoms with van der Waals surface area (Å²) < 4.78 is 2.84. The number of quaternary nitrogens is 2. The van der Waals surface area contributed by atoms with Gasteiger partial charge in [-0.1, -0.05) is 377 Å². The van der Waals surface area contributed by atoms with Crippen LogP contribution in [0.5, 0.6) is 23.0 Å². The molecule has 0 aromatic heterocycles. The molecule has 0 unspecified atom stereocenters. The third-order valence-corrected chi connectivity index (χ3v) is 37.4. The predicted molar refractivity (Wildman–Crippen MR) is 606 cm³/mol. The Labute approximate surface area is 1020 Å². The molecule has 0 aliphatic rings. The molecule has 0 amide bonds. The summed E-state index contributed by atoms with van der Waals surface area (Å²) in [7, 11) is 0.410. The number of hydrogen-bond donors (Lipinski definition) is 0. The van der Waals surface area contributed by atoms with Gasteiger partial charge >= 0.3 is 145 Å². The molecule has 0 aliphatic carbocycles. The molecule has 0 bridgehead atoms. The van der Waals surface area contributed by atoms with Crippen molar-refractivity contribution in [2.45, 2.75) is 332 Å². The summed E-state index contributed by atoms with van der Waals surface area (Å²) in [5, 5.41) is 41.2. The van der Waals surface area contributed by atoms with Crippen LogP contribution < -0.4 is 20.4 Å². The van der Waals surface area contributed by atoms with Gasteiger partial charge < -0.3 is 159 Å². The fourth-order valence-electron chi connectivity index (χ4n) is 13.3. The van der Waals surface area contributed by atoms with Gasteiger partial charge in [-0.3, -0.25) is 9.82 Å². The van der Waals surface area contributed by atoms with E-state index in [0.717, 1.165) is 0 Å². The van der Waals surface area contributed by atoms with Crippen molar-refractivity contribution < 1.29 is 174 Å². The zero-order valence-corrected chi connectivity index (χ0v) is 112. The maximum atomic E-state index is 10.9. The summed E-state index contributed by atoms with van der Waals surface area (Å²) in [5.41, 5.74) is 29.6. The van der Waals surface area contributed by atoms with Gasteiger partial charge in [0.05, 0.1) is 166 Å². The minimum Gasteiger partial charge on any atom is -2.00 e. The number of nitrogens with zero attached hydrogens (tertiary/aromatic N) is 8. The molecule has 0 atom stereocenters. The van der Waals surface area contributed by atoms with E-state index >= 15 is 0 Å². The molecular formula is C94H176Cl8Fe6Mo2N8O4P4S8+4. The first-order valence-corrected chi connectivity index (χ1v) is 57.4. The Hall–Kier alpha value is 5.95. The second-order valence-corrected chi connectivity index (χ2v) is 45.6. The van der Waals surface area contributed by atoms with Crippen molar-refractivity contribution in [2.75, 3.05) is 126 Å². The average molecular weight is 2670 g/mol. The molecule has 4 aromatic rings. The van der Waals surface area contributed by atoms with E-state index in [4.69, 9.17) is 115 Å². The normalized spacial score (nSPS) is 9.15. The SMILES string of the molecule is CCCC[N+](CCCC)(CCCC)CCCC.CCCC[N+](CCCC)(CCCC)CCCC.CCC[PH+](CCC)CCC.CCC[PH+](CCC)CCC.CCC[PH+](CCC)CCC.CCC[PH+](CCC)CCC.Cc1ccccc1.Cc1ccccc1.[Fe+2].[Fe+2].[Fe+2].[Fe+3].[Fe+3].[Fe+3].[Mo+2].[Mo+3].[N-]=[N+]=[N-].[N-]=[N+]=[N-].[O-]c1c([O-])c(Cl)c(Cl)c(Cl)c1Cl.[O-]c1c([O-])c(Cl)c(Cl)c(Cl)c1Cl.[S-2].[S-2].[S-2].[S-2].[S-2].[S-2].[S-2].[S-2]. The van der Waals surface area contributed by atoms with Crippen LogP contribution in [-0.4, -0.2) is 135 Å². The number of aryl methyl sites for hydroxylation is 2. The summed E-state index contributed by atoms with van der Waals surface area (Å²) in [6.07, 6.45) is 57.6. The van der Waals surface area contributed by atoms with Crippen LogP contribution in [0.15, 0.2) is 60.7 Å². The van der Waals surface area contributed by atoms with Gasteiger partial charge in [-0.2, -0.15) is 0 Å². The molecule has 796 valence electrons. The van der Waals surface area contributed by atoms with Crippen LogP contribution in [0.1, 0.15) is 329 Å². The molecule has 0 N–H and O–H groups in total. The van der Waals surface area contributed by atoms with Crippen LogP contribution in [0.2, 0.25) is 40.2 Å². The van der Waals surface area contributed by atoms with Crippen molar-refractivity contribution in [3.63, 3.8) is 0 Å². The number of hydrogen-bond acceptors (Lipinski definition) is 4. The van der Waals surface area contributed by atoms with E-state index in [-0.39, 0.29) is 304 Å². The van der Waals surface area contributed by atoms with E-state index in [1.54, 1.807) is 73.9 Å². The van der Waals surface area contributed by atoms with E-state index in [1.807, 2.05) is 36.4 Å². The van der Waals surface area contributed by atoms with E-state index in [0.29, 0.717) is 0 Å². The third-order valence-electron chi connectivity index (χ3n) is 19.4. The molecule has 0 saturated carbocycles. The van der Waals surface area contributed by atoms with Crippen LogP contribution in [-0.2, 0) is 253 Å². The Bertz CT molecular complexity index is 2390. The van der Waals surface area contributed by atoms with Crippen molar-refractivity contribution in [2.24, 2.45) is 0 Å². The van der Waals surface area contributed by atoms with Crippen molar-refractivity contribution >= 4 is 232 Å². The first kappa shape index (κ1) is 201. The Kier molecular flexibility index (Phi) is 228. The first-order valence-electron chi connectivity index (χ1n) is 45.9. The van der Waals surface area contributed by atoms with Crippen LogP contribution >= 0.6 is 124 Å². The van der Waals surface area contributed by atoms with Gasteiger partial charge in [-0.05, 0) is 142 Å². The van der Waals surface area contributed by atoms with E-state index < -0.39 is 43.1 Å². The molecule has 4 aromatic carbocycles. The topological polar surface area (TPSA) is 210 Å². The van der Waals surface area contributed by atoms with Crippen molar-refractivity contribution in [3.05, 3.63) is 144 Å². The molecule has 0 aliphatic heterocycles. The summed E-state index contributed by atoms with van der Waals surface area (Å²) >= 11 is 43.4. The quantitative estimate of drug-likeness (QED) is 0.00617. The number of unbranched alkanes of at least 4 members (excludes halogenated alkanes) is 8. The van der Waals surface area contributed by atoms with Gasteiger partial charge in [0.25, 0.3) is 0 Å². The van der Waals surface area contributed by atoms with Gasteiger partial charge in [-0.15, -0.1) is 0 Å².